The third-order valence-electron chi connectivity index (χ3n) is 2.68. The normalized spacial score (nSPS) is 10.1. The molecule has 0 aliphatic heterocycles. The first-order valence-electron chi connectivity index (χ1n) is 5.81. The summed E-state index contributed by atoms with van der Waals surface area (Å²) in [7, 11) is 1.56. The average molecular weight is 320 g/mol. The predicted molar refractivity (Wildman–Crippen MR) is 79.8 cm³/mol. The van der Waals surface area contributed by atoms with Crippen LogP contribution in [0.15, 0.2) is 46.9 Å². The molecule has 0 aromatic heterocycles. The molecule has 0 saturated heterocycles. The quantitative estimate of drug-likeness (QED) is 0.928. The number of hydrogen-bond acceptors (Lipinski definition) is 2. The van der Waals surface area contributed by atoms with Crippen LogP contribution in [-0.4, -0.2) is 13.0 Å². The number of amides is 1. The minimum atomic E-state index is -0.182. The number of carbonyl (C=O) groups is 1. The van der Waals surface area contributed by atoms with Gasteiger partial charge in [0, 0.05) is 10.2 Å². The lowest BCUT2D eigenvalue weighted by Gasteiger charge is -2.10. The van der Waals surface area contributed by atoms with Gasteiger partial charge in [0.1, 0.15) is 5.75 Å². The average Bonchev–Trinajstić information content (AvgIpc) is 2.38. The number of methoxy groups -OCH3 is 1. The number of anilines is 1. The van der Waals surface area contributed by atoms with Crippen molar-refractivity contribution in [3.63, 3.8) is 0 Å². The number of hydrogen-bond donors (Lipinski definition) is 1. The Balaban J connectivity index is 2.27. The Kier molecular flexibility index (Phi) is 4.22. The topological polar surface area (TPSA) is 38.3 Å². The summed E-state index contributed by atoms with van der Waals surface area (Å²) in [5.74, 6) is 0.386. The zero-order valence-electron chi connectivity index (χ0n) is 10.7. The number of carbonyl (C=O) groups excluding carboxylic acids is 1. The second kappa shape index (κ2) is 5.89. The molecule has 0 saturated carbocycles. The number of halogens is 1. The minimum Gasteiger partial charge on any atom is -0.496 e. The van der Waals surface area contributed by atoms with Gasteiger partial charge in [-0.2, -0.15) is 0 Å². The predicted octanol–water partition coefficient (Wildman–Crippen LogP) is 4.02. The van der Waals surface area contributed by atoms with Gasteiger partial charge in [0.2, 0.25) is 0 Å². The van der Waals surface area contributed by atoms with E-state index in [1.54, 1.807) is 13.2 Å². The van der Waals surface area contributed by atoms with Crippen molar-refractivity contribution in [2.45, 2.75) is 6.92 Å². The summed E-state index contributed by atoms with van der Waals surface area (Å²) < 4.78 is 6.13. The monoisotopic (exact) mass is 319 g/mol. The third kappa shape index (κ3) is 3.35. The van der Waals surface area contributed by atoms with Gasteiger partial charge in [0.25, 0.3) is 5.91 Å². The second-order valence-electron chi connectivity index (χ2n) is 4.17. The highest BCUT2D eigenvalue weighted by atomic mass is 79.9. The lowest BCUT2D eigenvalue weighted by Crippen LogP contribution is -2.13. The molecule has 1 amide bonds. The van der Waals surface area contributed by atoms with Gasteiger partial charge in [0.15, 0.2) is 0 Å². The summed E-state index contributed by atoms with van der Waals surface area (Å²) in [4.78, 5) is 12.3. The molecule has 0 spiro atoms. The maximum absolute atomic E-state index is 12.3. The van der Waals surface area contributed by atoms with E-state index < -0.39 is 0 Å². The van der Waals surface area contributed by atoms with Crippen LogP contribution in [0.25, 0.3) is 0 Å². The van der Waals surface area contributed by atoms with Gasteiger partial charge >= 0.3 is 0 Å². The van der Waals surface area contributed by atoms with Gasteiger partial charge in [-0.1, -0.05) is 33.6 Å². The summed E-state index contributed by atoms with van der Waals surface area (Å²) in [6.07, 6.45) is 0. The Hall–Kier alpha value is -1.81. The molecule has 98 valence electrons. The molecule has 0 bridgehead atoms. The smallest absolute Gasteiger partial charge is 0.259 e. The van der Waals surface area contributed by atoms with E-state index in [4.69, 9.17) is 4.74 Å². The van der Waals surface area contributed by atoms with Crippen LogP contribution in [0.3, 0.4) is 0 Å². The Labute approximate surface area is 120 Å². The first-order valence-corrected chi connectivity index (χ1v) is 6.61. The van der Waals surface area contributed by atoms with Crippen molar-refractivity contribution in [1.29, 1.82) is 0 Å². The van der Waals surface area contributed by atoms with E-state index in [1.165, 1.54) is 0 Å². The summed E-state index contributed by atoms with van der Waals surface area (Å²) in [5, 5.41) is 2.85. The van der Waals surface area contributed by atoms with Crippen LogP contribution in [0.1, 0.15) is 15.9 Å². The van der Waals surface area contributed by atoms with E-state index in [-0.39, 0.29) is 5.91 Å². The van der Waals surface area contributed by atoms with Crippen molar-refractivity contribution in [3.8, 4) is 5.75 Å². The summed E-state index contributed by atoms with van der Waals surface area (Å²) in [6.45, 7) is 1.94. The molecule has 0 heterocycles. The molecule has 2 aromatic rings. The highest BCUT2D eigenvalue weighted by Crippen LogP contribution is 2.22. The molecule has 3 nitrogen and oxygen atoms in total. The van der Waals surface area contributed by atoms with E-state index in [0.29, 0.717) is 11.3 Å². The van der Waals surface area contributed by atoms with Crippen molar-refractivity contribution < 1.29 is 9.53 Å². The van der Waals surface area contributed by atoms with Gasteiger partial charge in [-0.15, -0.1) is 0 Å². The molecule has 0 aliphatic carbocycles. The maximum Gasteiger partial charge on any atom is 0.259 e. The van der Waals surface area contributed by atoms with Crippen LogP contribution in [0, 0.1) is 6.92 Å². The summed E-state index contributed by atoms with van der Waals surface area (Å²) >= 11 is 3.37. The molecule has 0 fully saturated rings. The maximum atomic E-state index is 12.3. The zero-order chi connectivity index (χ0) is 13.8. The van der Waals surface area contributed by atoms with Gasteiger partial charge in [-0.25, -0.2) is 0 Å². The van der Waals surface area contributed by atoms with Crippen molar-refractivity contribution in [2.75, 3.05) is 12.4 Å². The molecular formula is C15H14BrNO2. The number of ether oxygens (including phenoxy) is 1. The molecule has 0 unspecified atom stereocenters. The van der Waals surface area contributed by atoms with Crippen molar-refractivity contribution >= 4 is 27.5 Å². The van der Waals surface area contributed by atoms with Gasteiger partial charge in [-0.3, -0.25) is 4.79 Å². The van der Waals surface area contributed by atoms with Crippen LogP contribution < -0.4 is 10.1 Å². The molecule has 0 radical (unpaired) electrons. The lowest BCUT2D eigenvalue weighted by atomic mass is 10.1. The van der Waals surface area contributed by atoms with Crippen molar-refractivity contribution in [2.24, 2.45) is 0 Å². The summed E-state index contributed by atoms with van der Waals surface area (Å²) in [5.41, 5.74) is 2.28. The van der Waals surface area contributed by atoms with E-state index in [0.717, 1.165) is 15.7 Å². The fourth-order valence-electron chi connectivity index (χ4n) is 1.76. The van der Waals surface area contributed by atoms with E-state index in [9.17, 15) is 4.79 Å². The van der Waals surface area contributed by atoms with Gasteiger partial charge in [0.05, 0.1) is 12.7 Å². The minimum absolute atomic E-state index is 0.182. The lowest BCUT2D eigenvalue weighted by molar-refractivity contribution is 0.102. The fraction of sp³-hybridized carbons (Fsp3) is 0.133. The van der Waals surface area contributed by atoms with E-state index in [1.807, 2.05) is 43.3 Å². The van der Waals surface area contributed by atoms with Gasteiger partial charge < -0.3 is 10.1 Å². The number of benzene rings is 2. The molecule has 0 atom stereocenters. The second-order valence-corrected chi connectivity index (χ2v) is 5.08. The Morgan fingerprint density at radius 2 is 2.00 bits per heavy atom. The van der Waals surface area contributed by atoms with Crippen LogP contribution in [0.2, 0.25) is 0 Å². The van der Waals surface area contributed by atoms with Crippen LogP contribution in [-0.2, 0) is 0 Å². The fourth-order valence-corrected chi connectivity index (χ4v) is 2.16. The molecule has 4 heteroatoms. The van der Waals surface area contributed by atoms with E-state index >= 15 is 0 Å². The third-order valence-corrected chi connectivity index (χ3v) is 3.18. The number of aryl methyl sites for hydroxylation is 1. The van der Waals surface area contributed by atoms with Crippen LogP contribution in [0.5, 0.6) is 5.75 Å². The molecular weight excluding hydrogens is 306 g/mol. The first-order chi connectivity index (χ1) is 9.10. The SMILES string of the molecule is COc1ccc(C)cc1C(=O)Nc1cccc(Br)c1. The van der Waals surface area contributed by atoms with E-state index in [2.05, 4.69) is 21.2 Å². The molecule has 2 aromatic carbocycles. The highest BCUT2D eigenvalue weighted by molar-refractivity contribution is 9.10. The van der Waals surface area contributed by atoms with Gasteiger partial charge in [-0.05, 0) is 37.3 Å². The first kappa shape index (κ1) is 13.6. The molecule has 2 rings (SSSR count). The Bertz CT molecular complexity index is 611. The van der Waals surface area contributed by atoms with Crippen molar-refractivity contribution in [1.82, 2.24) is 0 Å². The summed E-state index contributed by atoms with van der Waals surface area (Å²) in [6, 6.07) is 13.0. The van der Waals surface area contributed by atoms with Crippen molar-refractivity contribution in [3.05, 3.63) is 58.1 Å². The molecule has 1 N–H and O–H groups in total. The number of nitrogens with one attached hydrogen (secondary N) is 1. The van der Waals surface area contributed by atoms with Crippen LogP contribution in [0.4, 0.5) is 5.69 Å². The number of rotatable bonds is 3. The zero-order valence-corrected chi connectivity index (χ0v) is 12.3. The molecule has 0 aliphatic rings. The highest BCUT2D eigenvalue weighted by Gasteiger charge is 2.12. The largest absolute Gasteiger partial charge is 0.496 e. The molecule has 19 heavy (non-hydrogen) atoms. The Morgan fingerprint density at radius 1 is 1.21 bits per heavy atom. The van der Waals surface area contributed by atoms with Crippen LogP contribution >= 0.6 is 15.9 Å². The Morgan fingerprint density at radius 3 is 2.68 bits per heavy atom. The standard InChI is InChI=1S/C15H14BrNO2/c1-10-6-7-14(19-2)13(8-10)15(18)17-12-5-3-4-11(16)9-12/h3-9H,1-2H3,(H,17,18).